The first kappa shape index (κ1) is 53.1. The van der Waals surface area contributed by atoms with Crippen molar-refractivity contribution in [3.05, 3.63) is 0 Å². The zero-order valence-corrected chi connectivity index (χ0v) is 9.14. The molecule has 0 unspecified atom stereocenters. The molecule has 0 aromatic carbocycles. The Hall–Kier alpha value is 2.38. The van der Waals surface area contributed by atoms with Crippen molar-refractivity contribution in [2.24, 2.45) is 0 Å². The summed E-state index contributed by atoms with van der Waals surface area (Å²) >= 11 is 0. The number of hydrogen-bond donors (Lipinski definition) is 0. The van der Waals surface area contributed by atoms with Gasteiger partial charge in [0.1, 0.15) is 0 Å². The minimum Gasteiger partial charge on any atom is 0 e. The summed E-state index contributed by atoms with van der Waals surface area (Å²) in [5.74, 6) is 0. The summed E-state index contributed by atoms with van der Waals surface area (Å²) in [6.45, 7) is 0. The van der Waals surface area contributed by atoms with Crippen LogP contribution in [0.5, 0.6) is 0 Å². The van der Waals surface area contributed by atoms with Gasteiger partial charge in [-0.25, -0.2) is 0 Å². The van der Waals surface area contributed by atoms with Crippen LogP contribution in [0.1, 0.15) is 0 Å². The summed E-state index contributed by atoms with van der Waals surface area (Å²) < 4.78 is 0. The molecule has 5 heteroatoms. The Morgan fingerprint density at radius 1 is 1.00 bits per heavy atom. The molecule has 1 nitrogen and oxygen atoms in total. The van der Waals surface area contributed by atoms with Crippen LogP contribution < -0.4 is 0 Å². The van der Waals surface area contributed by atoms with E-state index >= 15 is 0 Å². The Kier molecular flexibility index (Phi) is 347. The van der Waals surface area contributed by atoms with Crippen LogP contribution in [0.15, 0.2) is 0 Å². The maximum Gasteiger partial charge on any atom is 0 e. The first-order chi connectivity index (χ1) is 0. The van der Waals surface area contributed by atoms with Crippen molar-refractivity contribution in [1.29, 1.82) is 0 Å². The molecule has 5 heavy (non-hydrogen) atoms. The van der Waals surface area contributed by atoms with Crippen molar-refractivity contribution in [1.82, 2.24) is 0 Å². The molecule has 0 rings (SSSR count). The minimum atomic E-state index is 0. The Labute approximate surface area is 80.9 Å². The predicted molar refractivity (Wildman–Crippen MR) is 6.44 cm³/mol. The van der Waals surface area contributed by atoms with Gasteiger partial charge in [0, 0.05) is 81.9 Å². The second-order valence-corrected chi connectivity index (χ2v) is 0. The van der Waals surface area contributed by atoms with Crippen LogP contribution in [0.4, 0.5) is 0 Å². The molecular formula is CoMgMnOZn. The summed E-state index contributed by atoms with van der Waals surface area (Å²) in [5.41, 5.74) is 0. The molecule has 0 atom stereocenters. The van der Waals surface area contributed by atoms with E-state index < -0.39 is 0 Å². The van der Waals surface area contributed by atoms with Gasteiger partial charge in [-0.15, -0.1) is 0 Å². The minimum absolute atomic E-state index is 0. The molecule has 0 saturated heterocycles. The van der Waals surface area contributed by atoms with Crippen LogP contribution in [-0.4, -0.2) is 23.1 Å². The van der Waals surface area contributed by atoms with Crippen LogP contribution >= 0.6 is 0 Å². The molecule has 0 saturated carbocycles. The van der Waals surface area contributed by atoms with E-state index in [4.69, 9.17) is 0 Å². The number of hydrogen-bond acceptors (Lipinski definition) is 0. The zero-order chi connectivity index (χ0) is 0. The van der Waals surface area contributed by atoms with E-state index in [-0.39, 0.29) is 81.9 Å². The maximum atomic E-state index is 0. The molecular weight excluding hydrogens is 220 g/mol. The van der Waals surface area contributed by atoms with Crippen molar-refractivity contribution < 1.29 is 58.8 Å². The molecule has 0 amide bonds. The van der Waals surface area contributed by atoms with E-state index in [1.165, 1.54) is 0 Å². The average Bonchev–Trinajstić information content (AvgIpc) is 0. The van der Waals surface area contributed by atoms with Gasteiger partial charge in [-0.2, -0.15) is 0 Å². The molecule has 0 fully saturated rings. The van der Waals surface area contributed by atoms with Gasteiger partial charge in [0.2, 0.25) is 0 Å². The van der Waals surface area contributed by atoms with Crippen LogP contribution in [0, 0.1) is 0 Å². The van der Waals surface area contributed by atoms with Gasteiger partial charge in [0.25, 0.3) is 0 Å². The Bertz CT molecular complexity index is 11.6. The van der Waals surface area contributed by atoms with Crippen LogP contribution in [0.3, 0.4) is 0 Å². The van der Waals surface area contributed by atoms with Gasteiger partial charge < -0.3 is 0 Å². The van der Waals surface area contributed by atoms with E-state index in [0.717, 1.165) is 0 Å². The summed E-state index contributed by atoms with van der Waals surface area (Å²) in [4.78, 5) is 0. The fourth-order valence-corrected chi connectivity index (χ4v) is 0. The molecule has 0 aliphatic carbocycles. The maximum absolute atomic E-state index is 0. The third kappa shape index (κ3) is 21.6. The SMILES string of the molecule is [Co].[Mg].[Mn].[O].[Zn]. The molecule has 0 aromatic rings. The summed E-state index contributed by atoms with van der Waals surface area (Å²) in [7, 11) is 0. The van der Waals surface area contributed by atoms with E-state index in [1.54, 1.807) is 0 Å². The standard InChI is InChI=1S/Co.Mg.Mn.O.Zn. The van der Waals surface area contributed by atoms with Gasteiger partial charge in [0.15, 0.2) is 0 Å². The third-order valence-corrected chi connectivity index (χ3v) is 0. The Balaban J connectivity index is 0. The average molecular weight is 220 g/mol. The molecule has 0 aliphatic heterocycles. The largest absolute Gasteiger partial charge is 0 e. The molecule has 0 aliphatic rings. The van der Waals surface area contributed by atoms with Gasteiger partial charge in [0.05, 0.1) is 0 Å². The molecule has 26 valence electrons. The van der Waals surface area contributed by atoms with Gasteiger partial charge >= 0.3 is 0 Å². The monoisotopic (exact) mass is 218 g/mol. The Morgan fingerprint density at radius 3 is 1.00 bits per heavy atom. The summed E-state index contributed by atoms with van der Waals surface area (Å²) in [5, 5.41) is 0. The van der Waals surface area contributed by atoms with Crippen molar-refractivity contribution >= 4 is 23.1 Å². The number of rotatable bonds is 0. The molecule has 0 bridgehead atoms. The smallest absolute Gasteiger partial charge is 0 e. The van der Waals surface area contributed by atoms with Crippen molar-refractivity contribution in [3.63, 3.8) is 0 Å². The molecule has 0 spiro atoms. The summed E-state index contributed by atoms with van der Waals surface area (Å²) in [6.07, 6.45) is 0. The van der Waals surface area contributed by atoms with Crippen LogP contribution in [-0.2, 0) is 58.8 Å². The fraction of sp³-hybridized carbons (Fsp3) is 0. The van der Waals surface area contributed by atoms with Crippen LogP contribution in [0.2, 0.25) is 0 Å². The zero-order valence-electron chi connectivity index (χ0n) is 2.53. The fourth-order valence-electron chi connectivity index (χ4n) is 0. The van der Waals surface area contributed by atoms with Crippen molar-refractivity contribution in [2.45, 2.75) is 0 Å². The topological polar surface area (TPSA) is 28.5 Å². The van der Waals surface area contributed by atoms with Gasteiger partial charge in [-0.1, -0.05) is 0 Å². The van der Waals surface area contributed by atoms with Crippen LogP contribution in [0.25, 0.3) is 0 Å². The van der Waals surface area contributed by atoms with Crippen molar-refractivity contribution in [3.8, 4) is 0 Å². The predicted octanol–water partition coefficient (Wildman–Crippen LogP) is -0.507. The van der Waals surface area contributed by atoms with E-state index in [1.807, 2.05) is 0 Å². The van der Waals surface area contributed by atoms with Gasteiger partial charge in [-0.05, 0) is 0 Å². The molecule has 0 heterocycles. The summed E-state index contributed by atoms with van der Waals surface area (Å²) in [6, 6.07) is 0. The second kappa shape index (κ2) is 32.6. The molecule has 6 radical (unpaired) electrons. The normalized spacial score (nSPS) is 0. The van der Waals surface area contributed by atoms with Gasteiger partial charge in [-0.3, -0.25) is 0 Å². The Morgan fingerprint density at radius 2 is 1.00 bits per heavy atom. The first-order valence-electron chi connectivity index (χ1n) is 0. The third-order valence-electron chi connectivity index (χ3n) is 0. The quantitative estimate of drug-likeness (QED) is 0.491. The molecule has 0 aromatic heterocycles. The van der Waals surface area contributed by atoms with E-state index in [9.17, 15) is 0 Å². The van der Waals surface area contributed by atoms with E-state index in [0.29, 0.717) is 0 Å². The van der Waals surface area contributed by atoms with E-state index in [2.05, 4.69) is 0 Å². The first-order valence-corrected chi connectivity index (χ1v) is 0. The second-order valence-electron chi connectivity index (χ2n) is 0. The molecule has 0 N–H and O–H groups in total. The van der Waals surface area contributed by atoms with Crippen molar-refractivity contribution in [2.75, 3.05) is 0 Å².